The lowest BCUT2D eigenvalue weighted by Gasteiger charge is -2.38. The van der Waals surface area contributed by atoms with Crippen LogP contribution in [0, 0.1) is 11.6 Å². The first-order chi connectivity index (χ1) is 37.2. The number of fused-ring (bicyclic) bond motifs is 4. The van der Waals surface area contributed by atoms with Crippen LogP contribution in [0.2, 0.25) is 0 Å². The molecule has 4 aromatic carbocycles. The highest BCUT2D eigenvalue weighted by Gasteiger charge is 2.50. The number of rotatable bonds is 13. The predicted molar refractivity (Wildman–Crippen MR) is 288 cm³/mol. The number of hydrogen-bond acceptors (Lipinski definition) is 13. The minimum absolute atomic E-state index is 0.0105. The van der Waals surface area contributed by atoms with E-state index in [0.29, 0.717) is 84.4 Å². The van der Waals surface area contributed by atoms with Crippen molar-refractivity contribution in [3.05, 3.63) is 112 Å². The number of imide groups is 1. The van der Waals surface area contributed by atoms with E-state index in [1.807, 2.05) is 17.9 Å². The molecule has 4 atom stereocenters. The molecule has 5 fully saturated rings. The number of halogens is 2. The number of phenols is 1. The van der Waals surface area contributed by atoms with Crippen molar-refractivity contribution in [2.45, 2.75) is 120 Å². The second kappa shape index (κ2) is 20.1. The van der Waals surface area contributed by atoms with Crippen LogP contribution in [-0.2, 0) is 29.6 Å². The van der Waals surface area contributed by atoms with Gasteiger partial charge in [0.1, 0.15) is 53.6 Å². The molecule has 0 radical (unpaired) electrons. The summed E-state index contributed by atoms with van der Waals surface area (Å²) in [5.41, 5.74) is 2.94. The van der Waals surface area contributed by atoms with Crippen LogP contribution in [0.5, 0.6) is 17.5 Å². The standard InChI is InChI=1S/C59H65F2N9O7/c1-4-42-45(60)13-9-38-27-40(71)29-43(50(38)42)52-51(61)53-44(30-62-52)54(68-23-5-20-58(2,75)33-68)65-56(64-53)77-34-59-21-6-24-69(59)39(17-22-59)32-76-41-11-7-35(8-12-41)31-67-25-18-36(19-26-67)37-10-14-46-48(28-37)66(3)57(74)70(46)47-15-16-49(72)63-55(47)73/h7-14,27-30,36,39,47,71,75H,4-6,15-26,31-34H2,1-3H3,(H,63,72,73)/t39-,47?,58+,59-/m0/s1. The van der Waals surface area contributed by atoms with Gasteiger partial charge in [0.05, 0.1) is 27.6 Å². The molecule has 1 unspecified atom stereocenters. The van der Waals surface area contributed by atoms with E-state index in [1.54, 1.807) is 24.6 Å². The highest BCUT2D eigenvalue weighted by atomic mass is 19.1. The largest absolute Gasteiger partial charge is 0.508 e. The number of pyridine rings is 1. The molecule has 16 nitrogen and oxygen atoms in total. The fraction of sp³-hybridized carbons (Fsp3) is 0.458. The van der Waals surface area contributed by atoms with Crippen molar-refractivity contribution < 1.29 is 38.1 Å². The van der Waals surface area contributed by atoms with Crippen molar-refractivity contribution in [1.82, 2.24) is 39.2 Å². The number of anilines is 1. The SMILES string of the molecule is CCc1c(F)ccc2cc(O)cc(-c3ncc4c(N5CCC[C@@](C)(O)C5)nc(OC[C@@]56CCCN5[C@H](COc5ccc(CN7CCC(c8ccc9c(c8)n(C)c(=O)n9C8CCC(=O)NC8=O)CC7)cc5)CC6)nc4c3F)c12. The molecule has 5 saturated heterocycles. The third-order valence-corrected chi connectivity index (χ3v) is 17.3. The number of aromatic nitrogens is 5. The number of aromatic hydroxyl groups is 1. The summed E-state index contributed by atoms with van der Waals surface area (Å²) in [6, 6.07) is 19.9. The van der Waals surface area contributed by atoms with Crippen molar-refractivity contribution in [3.8, 4) is 28.8 Å². The van der Waals surface area contributed by atoms with Crippen LogP contribution in [0.15, 0.2) is 77.7 Å². The van der Waals surface area contributed by atoms with Gasteiger partial charge >= 0.3 is 11.7 Å². The van der Waals surface area contributed by atoms with Crippen LogP contribution in [0.1, 0.15) is 107 Å². The number of aliphatic hydroxyl groups is 1. The van der Waals surface area contributed by atoms with Crippen LogP contribution in [-0.4, -0.2) is 119 Å². The Labute approximate surface area is 444 Å². The summed E-state index contributed by atoms with van der Waals surface area (Å²) < 4.78 is 48.7. The zero-order chi connectivity index (χ0) is 53.3. The number of hydrogen-bond donors (Lipinski definition) is 3. The predicted octanol–water partition coefficient (Wildman–Crippen LogP) is 8.21. The minimum Gasteiger partial charge on any atom is -0.508 e. The minimum atomic E-state index is -0.987. The topological polar surface area (TPSA) is 180 Å². The third-order valence-electron chi connectivity index (χ3n) is 17.3. The third kappa shape index (κ3) is 9.45. The van der Waals surface area contributed by atoms with E-state index < -0.39 is 29.2 Å². The van der Waals surface area contributed by atoms with Gasteiger partial charge in [-0.3, -0.25) is 38.8 Å². The van der Waals surface area contributed by atoms with E-state index in [4.69, 9.17) is 19.4 Å². The summed E-state index contributed by atoms with van der Waals surface area (Å²) in [7, 11) is 1.74. The molecule has 0 bridgehead atoms. The molecule has 8 heterocycles. The van der Waals surface area contributed by atoms with Gasteiger partial charge in [-0.25, -0.2) is 13.6 Å². The molecule has 0 spiro atoms. The quantitative estimate of drug-likeness (QED) is 0.0942. The maximum absolute atomic E-state index is 17.3. The lowest BCUT2D eigenvalue weighted by atomic mass is 9.89. The van der Waals surface area contributed by atoms with E-state index in [2.05, 4.69) is 56.5 Å². The Balaban J connectivity index is 0.699. The lowest BCUT2D eigenvalue weighted by molar-refractivity contribution is -0.135. The van der Waals surface area contributed by atoms with E-state index in [9.17, 15) is 24.6 Å². The van der Waals surface area contributed by atoms with Crippen molar-refractivity contribution in [3.63, 3.8) is 0 Å². The molecule has 77 heavy (non-hydrogen) atoms. The number of imidazole rings is 1. The van der Waals surface area contributed by atoms with Gasteiger partial charge in [0.25, 0.3) is 0 Å². The van der Waals surface area contributed by atoms with Crippen LogP contribution < -0.4 is 25.4 Å². The van der Waals surface area contributed by atoms with Gasteiger partial charge in [-0.15, -0.1) is 0 Å². The normalized spacial score (nSPS) is 23.6. The maximum atomic E-state index is 17.3. The Morgan fingerprint density at radius 1 is 0.870 bits per heavy atom. The number of carbonyl (C=O) groups excluding carboxylic acids is 2. The van der Waals surface area contributed by atoms with Crippen LogP contribution in [0.25, 0.3) is 44.0 Å². The molecule has 3 aromatic heterocycles. The van der Waals surface area contributed by atoms with Crippen molar-refractivity contribution >= 4 is 50.3 Å². The fourth-order valence-electron chi connectivity index (χ4n) is 13.4. The maximum Gasteiger partial charge on any atom is 0.329 e. The van der Waals surface area contributed by atoms with E-state index in [-0.39, 0.29) is 64.7 Å². The first-order valence-electron chi connectivity index (χ1n) is 27.3. The number of amides is 2. The fourth-order valence-corrected chi connectivity index (χ4v) is 13.4. The Bertz CT molecular complexity index is 3520. The highest BCUT2D eigenvalue weighted by Crippen LogP contribution is 2.44. The van der Waals surface area contributed by atoms with E-state index in [1.165, 1.54) is 40.1 Å². The number of aryl methyl sites for hydroxylation is 2. The number of carbonyl (C=O) groups is 2. The number of nitrogens with one attached hydrogen (secondary N) is 1. The zero-order valence-corrected chi connectivity index (χ0v) is 43.9. The van der Waals surface area contributed by atoms with E-state index in [0.717, 1.165) is 76.0 Å². The molecule has 5 aliphatic heterocycles. The van der Waals surface area contributed by atoms with Crippen molar-refractivity contribution in [1.29, 1.82) is 0 Å². The monoisotopic (exact) mass is 1050 g/mol. The smallest absolute Gasteiger partial charge is 0.329 e. The second-order valence-corrected chi connectivity index (χ2v) is 22.4. The first-order valence-corrected chi connectivity index (χ1v) is 27.3. The Hall–Kier alpha value is -7.02. The Morgan fingerprint density at radius 3 is 2.45 bits per heavy atom. The van der Waals surface area contributed by atoms with Gasteiger partial charge in [-0.2, -0.15) is 9.97 Å². The van der Waals surface area contributed by atoms with Gasteiger partial charge in [-0.05, 0) is 167 Å². The number of phenolic OH excluding ortho intramolecular Hbond substituents is 1. The van der Waals surface area contributed by atoms with Crippen LogP contribution >= 0.6 is 0 Å². The average molecular weight is 1050 g/mol. The summed E-state index contributed by atoms with van der Waals surface area (Å²) in [5, 5.41) is 25.7. The molecule has 0 saturated carbocycles. The number of β-amino-alcohol motifs (C(OH)–C–C–N with tert-alkyl or cyclic N) is 1. The second-order valence-electron chi connectivity index (χ2n) is 22.4. The molecular formula is C59H65F2N9O7. The summed E-state index contributed by atoms with van der Waals surface area (Å²) in [6.07, 6.45) is 9.41. The molecule has 2 amide bonds. The lowest BCUT2D eigenvalue weighted by Crippen LogP contribution is -2.48. The molecule has 5 aliphatic rings. The number of nitrogens with zero attached hydrogens (tertiary/aromatic N) is 8. The average Bonchev–Trinajstić information content (AvgIpc) is 4.14. The summed E-state index contributed by atoms with van der Waals surface area (Å²) in [6.45, 7) is 8.90. The summed E-state index contributed by atoms with van der Waals surface area (Å²) in [4.78, 5) is 59.0. The van der Waals surface area contributed by atoms with Gasteiger partial charge < -0.3 is 24.6 Å². The first kappa shape index (κ1) is 50.8. The van der Waals surface area contributed by atoms with Crippen molar-refractivity contribution in [2.75, 3.05) is 50.8 Å². The van der Waals surface area contributed by atoms with E-state index >= 15 is 8.78 Å². The summed E-state index contributed by atoms with van der Waals surface area (Å²) >= 11 is 0. The highest BCUT2D eigenvalue weighted by molar-refractivity contribution is 6.02. The number of piperidine rings is 3. The molecule has 7 aromatic rings. The molecule has 0 aliphatic carbocycles. The van der Waals surface area contributed by atoms with Crippen molar-refractivity contribution in [2.24, 2.45) is 7.05 Å². The van der Waals surface area contributed by atoms with Crippen LogP contribution in [0.3, 0.4) is 0 Å². The zero-order valence-electron chi connectivity index (χ0n) is 43.9. The van der Waals surface area contributed by atoms with Gasteiger partial charge in [0.15, 0.2) is 5.82 Å². The number of benzene rings is 4. The summed E-state index contributed by atoms with van der Waals surface area (Å²) in [5.74, 6) is -0.420. The van der Waals surface area contributed by atoms with Crippen LogP contribution in [0.4, 0.5) is 14.6 Å². The van der Waals surface area contributed by atoms with Gasteiger partial charge in [0.2, 0.25) is 11.8 Å². The molecule has 12 rings (SSSR count). The molecule has 18 heteroatoms. The number of ether oxygens (including phenoxy) is 2. The van der Waals surface area contributed by atoms with Gasteiger partial charge in [0, 0.05) is 50.9 Å². The number of likely N-dealkylation sites (tertiary alicyclic amines) is 1. The molecule has 402 valence electrons. The molecule has 3 N–H and O–H groups in total. The Kier molecular flexibility index (Phi) is 13.2. The van der Waals surface area contributed by atoms with Gasteiger partial charge in [-0.1, -0.05) is 31.2 Å². The Morgan fingerprint density at radius 2 is 1.68 bits per heavy atom. The molecular weight excluding hydrogens is 985 g/mol.